The van der Waals surface area contributed by atoms with Crippen LogP contribution in [0.1, 0.15) is 78.6 Å². The van der Waals surface area contributed by atoms with Gasteiger partial charge in [0.1, 0.15) is 5.72 Å². The molecule has 2 aliphatic heterocycles. The highest BCUT2D eigenvalue weighted by molar-refractivity contribution is 5.17. The van der Waals surface area contributed by atoms with Crippen molar-refractivity contribution in [3.8, 4) is 0 Å². The maximum absolute atomic E-state index is 11.1. The van der Waals surface area contributed by atoms with Crippen LogP contribution >= 0.6 is 0 Å². The van der Waals surface area contributed by atoms with E-state index in [0.717, 1.165) is 43.6 Å². The first-order valence-electron chi connectivity index (χ1n) is 13.6. The Kier molecular flexibility index (Phi) is 5.15. The largest absolute Gasteiger partial charge is 0.396 e. The number of rotatable bonds is 1. The van der Waals surface area contributed by atoms with Crippen LogP contribution < -0.4 is 5.32 Å². The van der Waals surface area contributed by atoms with E-state index < -0.39 is 11.8 Å². The van der Waals surface area contributed by atoms with Crippen molar-refractivity contribution in [2.45, 2.75) is 103 Å². The molecule has 4 N–H and O–H groups in total. The third-order valence-electron chi connectivity index (χ3n) is 12.3. The monoisotopic (exact) mass is 447 g/mol. The molecule has 2 saturated heterocycles. The smallest absolute Gasteiger partial charge is 0.148 e. The number of ether oxygens (including phenoxy) is 1. The van der Waals surface area contributed by atoms with Crippen molar-refractivity contribution in [3.05, 3.63) is 0 Å². The molecular formula is C27H45NO4. The summed E-state index contributed by atoms with van der Waals surface area (Å²) in [6, 6.07) is 0. The molecular weight excluding hydrogens is 402 g/mol. The first kappa shape index (κ1) is 22.3. The Morgan fingerprint density at radius 2 is 1.72 bits per heavy atom. The van der Waals surface area contributed by atoms with E-state index in [1.54, 1.807) is 0 Å². The zero-order chi connectivity index (χ0) is 22.5. The molecule has 0 aromatic rings. The van der Waals surface area contributed by atoms with Gasteiger partial charge in [0.15, 0.2) is 0 Å². The molecule has 13 atom stereocenters. The van der Waals surface area contributed by atoms with Crippen molar-refractivity contribution in [2.24, 2.45) is 52.3 Å². The molecule has 0 amide bonds. The van der Waals surface area contributed by atoms with Crippen LogP contribution in [0.4, 0.5) is 0 Å². The molecule has 2 heterocycles. The van der Waals surface area contributed by atoms with E-state index in [-0.39, 0.29) is 30.7 Å². The molecule has 4 saturated carbocycles. The van der Waals surface area contributed by atoms with Crippen LogP contribution in [-0.4, -0.2) is 52.5 Å². The van der Waals surface area contributed by atoms with Crippen molar-refractivity contribution in [3.63, 3.8) is 0 Å². The van der Waals surface area contributed by atoms with Crippen molar-refractivity contribution in [1.82, 2.24) is 5.32 Å². The normalized spacial score (nSPS) is 61.7. The molecule has 0 aromatic carbocycles. The highest BCUT2D eigenvalue weighted by atomic mass is 16.5. The van der Waals surface area contributed by atoms with Gasteiger partial charge < -0.3 is 20.1 Å². The van der Waals surface area contributed by atoms with Crippen molar-refractivity contribution in [1.29, 1.82) is 0 Å². The summed E-state index contributed by atoms with van der Waals surface area (Å²) in [5.41, 5.74) is 0.0750. The van der Waals surface area contributed by atoms with Crippen LogP contribution in [-0.2, 0) is 4.74 Å². The molecule has 0 radical (unpaired) electrons. The van der Waals surface area contributed by atoms with Gasteiger partial charge in [-0.05, 0) is 104 Å². The first-order valence-corrected chi connectivity index (χ1v) is 13.6. The molecule has 4 aliphatic carbocycles. The summed E-state index contributed by atoms with van der Waals surface area (Å²) in [6.45, 7) is 8.30. The van der Waals surface area contributed by atoms with Crippen LogP contribution in [0.15, 0.2) is 0 Å². The minimum absolute atomic E-state index is 0.0744. The molecule has 6 rings (SSSR count). The van der Waals surface area contributed by atoms with E-state index >= 15 is 0 Å². The minimum atomic E-state index is -0.630. The predicted octanol–water partition coefficient (Wildman–Crippen LogP) is 3.31. The zero-order valence-corrected chi connectivity index (χ0v) is 20.3. The van der Waals surface area contributed by atoms with Gasteiger partial charge >= 0.3 is 0 Å². The molecule has 5 nitrogen and oxygen atoms in total. The van der Waals surface area contributed by atoms with Gasteiger partial charge in [0, 0.05) is 19.1 Å². The van der Waals surface area contributed by atoms with Crippen molar-refractivity contribution >= 4 is 0 Å². The standard InChI is InChI=1S/C27H45NO4/c1-15-24-22(32-27(15)23(31)10-16(14-29)13-28-27)12-21-19-5-4-17-11-18(30)6-8-25(17,2)20(19)7-9-26(21,24)3/h15-24,28-31H,4-14H2,1-3H3/t15-,16-,17-,18?,19+,20-,21-,22-,23-,24-,25-,26-,27-/m0/s1. The molecule has 0 bridgehead atoms. The number of piperidine rings is 1. The van der Waals surface area contributed by atoms with Gasteiger partial charge in [-0.15, -0.1) is 0 Å². The van der Waals surface area contributed by atoms with E-state index in [1.165, 1.54) is 32.1 Å². The Morgan fingerprint density at radius 3 is 2.47 bits per heavy atom. The van der Waals surface area contributed by atoms with E-state index in [2.05, 4.69) is 26.1 Å². The molecule has 6 aliphatic rings. The second-order valence-electron chi connectivity index (χ2n) is 13.3. The lowest BCUT2D eigenvalue weighted by Crippen LogP contribution is -2.64. The number of fused-ring (bicyclic) bond motifs is 7. The Labute approximate surface area is 193 Å². The average Bonchev–Trinajstić information content (AvgIpc) is 3.22. The van der Waals surface area contributed by atoms with Crippen molar-refractivity contribution in [2.75, 3.05) is 13.2 Å². The third-order valence-corrected chi connectivity index (χ3v) is 12.3. The lowest BCUT2D eigenvalue weighted by Gasteiger charge is -2.61. The zero-order valence-electron chi connectivity index (χ0n) is 20.3. The molecule has 1 spiro atoms. The summed E-state index contributed by atoms with van der Waals surface area (Å²) < 4.78 is 6.84. The molecule has 0 aromatic heterocycles. The van der Waals surface area contributed by atoms with Gasteiger partial charge in [0.2, 0.25) is 0 Å². The summed E-state index contributed by atoms with van der Waals surface area (Å²) >= 11 is 0. The number of nitrogens with one attached hydrogen (secondary N) is 1. The highest BCUT2D eigenvalue weighted by Gasteiger charge is 2.70. The summed E-state index contributed by atoms with van der Waals surface area (Å²) in [5, 5.41) is 34.6. The number of hydrogen-bond donors (Lipinski definition) is 4. The van der Waals surface area contributed by atoms with Gasteiger partial charge in [-0.1, -0.05) is 20.8 Å². The lowest BCUT2D eigenvalue weighted by atomic mass is 9.44. The first-order chi connectivity index (χ1) is 15.2. The Balaban J connectivity index is 1.25. The van der Waals surface area contributed by atoms with Crippen LogP contribution in [0, 0.1) is 52.3 Å². The number of aliphatic hydroxyl groups is 3. The van der Waals surface area contributed by atoms with Gasteiger partial charge in [0.05, 0.1) is 18.3 Å². The van der Waals surface area contributed by atoms with Crippen LogP contribution in [0.3, 0.4) is 0 Å². The fourth-order valence-electron chi connectivity index (χ4n) is 10.6. The fraction of sp³-hybridized carbons (Fsp3) is 1.00. The number of hydrogen-bond acceptors (Lipinski definition) is 5. The highest BCUT2D eigenvalue weighted by Crippen LogP contribution is 2.71. The fourth-order valence-corrected chi connectivity index (χ4v) is 10.6. The van der Waals surface area contributed by atoms with E-state index in [9.17, 15) is 15.3 Å². The summed E-state index contributed by atoms with van der Waals surface area (Å²) in [7, 11) is 0. The predicted molar refractivity (Wildman–Crippen MR) is 123 cm³/mol. The summed E-state index contributed by atoms with van der Waals surface area (Å²) in [5.74, 6) is 3.94. The van der Waals surface area contributed by atoms with Gasteiger partial charge in [0.25, 0.3) is 0 Å². The second kappa shape index (κ2) is 7.40. The third kappa shape index (κ3) is 2.81. The lowest BCUT2D eigenvalue weighted by molar-refractivity contribution is -0.183. The van der Waals surface area contributed by atoms with Crippen LogP contribution in [0.5, 0.6) is 0 Å². The Bertz CT molecular complexity index is 747. The minimum Gasteiger partial charge on any atom is -0.396 e. The van der Waals surface area contributed by atoms with Crippen LogP contribution in [0.25, 0.3) is 0 Å². The van der Waals surface area contributed by atoms with Gasteiger partial charge in [-0.2, -0.15) is 0 Å². The van der Waals surface area contributed by atoms with Crippen LogP contribution in [0.2, 0.25) is 0 Å². The SMILES string of the molecule is C[C@H]1[C@H]2[C@H](C[C@H]3[C@@H]4CC[C@H]5CC(O)CC[C@]5(C)[C@H]4CC[C@]23C)O[C@@]12NC[C@@H](CO)C[C@@H]2O. The van der Waals surface area contributed by atoms with E-state index in [0.29, 0.717) is 29.1 Å². The molecule has 6 fully saturated rings. The second-order valence-corrected chi connectivity index (χ2v) is 13.3. The quantitative estimate of drug-likeness (QED) is 0.496. The molecule has 5 heteroatoms. The van der Waals surface area contributed by atoms with E-state index in [4.69, 9.17) is 4.74 Å². The Morgan fingerprint density at radius 1 is 0.938 bits per heavy atom. The maximum atomic E-state index is 11.1. The van der Waals surface area contributed by atoms with Crippen molar-refractivity contribution < 1.29 is 20.1 Å². The number of aliphatic hydroxyl groups excluding tert-OH is 3. The van der Waals surface area contributed by atoms with E-state index in [1.807, 2.05) is 0 Å². The molecule has 32 heavy (non-hydrogen) atoms. The summed E-state index contributed by atoms with van der Waals surface area (Å²) in [4.78, 5) is 0. The maximum Gasteiger partial charge on any atom is 0.148 e. The summed E-state index contributed by atoms with van der Waals surface area (Å²) in [6.07, 6.45) is 9.84. The topological polar surface area (TPSA) is 82.0 Å². The molecule has 1 unspecified atom stereocenters. The molecule has 182 valence electrons. The van der Waals surface area contributed by atoms with Gasteiger partial charge in [-0.25, -0.2) is 0 Å². The Hall–Kier alpha value is -0.200. The van der Waals surface area contributed by atoms with Gasteiger partial charge in [-0.3, -0.25) is 5.32 Å². The average molecular weight is 448 g/mol.